The Balaban J connectivity index is 2.22. The Morgan fingerprint density at radius 3 is 2.62 bits per heavy atom. The van der Waals surface area contributed by atoms with Gasteiger partial charge in [0, 0.05) is 13.1 Å². The number of aryl methyl sites for hydroxylation is 1. The third kappa shape index (κ3) is 2.36. The van der Waals surface area contributed by atoms with Crippen molar-refractivity contribution in [2.75, 3.05) is 0 Å². The van der Waals surface area contributed by atoms with Crippen LogP contribution >= 0.6 is 11.6 Å². The van der Waals surface area contributed by atoms with Crippen LogP contribution in [0.5, 0.6) is 0 Å². The molecule has 0 aliphatic carbocycles. The number of pyridine rings is 1. The van der Waals surface area contributed by atoms with E-state index in [-0.39, 0.29) is 21.5 Å². The molecular weight excluding hydrogens is 290 g/mol. The second kappa shape index (κ2) is 5.18. The van der Waals surface area contributed by atoms with E-state index >= 15 is 0 Å². The lowest BCUT2D eigenvalue weighted by Gasteiger charge is -2.09. The van der Waals surface area contributed by atoms with Crippen LogP contribution in [0.15, 0.2) is 52.3 Å². The zero-order valence-corrected chi connectivity index (χ0v) is 12.0. The normalized spacial score (nSPS) is 11.0. The first kappa shape index (κ1) is 13.6. The maximum absolute atomic E-state index is 12.5. The lowest BCUT2D eigenvalue weighted by Crippen LogP contribution is -2.26. The van der Waals surface area contributed by atoms with Crippen molar-refractivity contribution in [3.8, 4) is 0 Å². The molecule has 2 aromatic heterocycles. The SMILES string of the molecule is Cn1c(=O)cc(Cl)c2c(=O)n(Cc3ccccc3)cnc21. The highest BCUT2D eigenvalue weighted by atomic mass is 35.5. The summed E-state index contributed by atoms with van der Waals surface area (Å²) in [5, 5.41) is 0.394. The molecule has 0 fully saturated rings. The molecule has 0 aliphatic rings. The highest BCUT2D eigenvalue weighted by molar-refractivity contribution is 6.35. The summed E-state index contributed by atoms with van der Waals surface area (Å²) in [5.74, 6) is 0. The molecule has 0 unspecified atom stereocenters. The van der Waals surface area contributed by atoms with Crippen LogP contribution in [0.3, 0.4) is 0 Å². The van der Waals surface area contributed by atoms with Crippen molar-refractivity contribution in [2.24, 2.45) is 7.05 Å². The van der Waals surface area contributed by atoms with E-state index in [9.17, 15) is 9.59 Å². The first-order chi connectivity index (χ1) is 10.1. The van der Waals surface area contributed by atoms with Crippen molar-refractivity contribution in [3.63, 3.8) is 0 Å². The van der Waals surface area contributed by atoms with Gasteiger partial charge in [-0.2, -0.15) is 0 Å². The number of halogens is 1. The largest absolute Gasteiger partial charge is 0.296 e. The van der Waals surface area contributed by atoms with Gasteiger partial charge in [-0.25, -0.2) is 4.98 Å². The van der Waals surface area contributed by atoms with Gasteiger partial charge < -0.3 is 0 Å². The Labute approximate surface area is 125 Å². The molecule has 0 bridgehead atoms. The van der Waals surface area contributed by atoms with Gasteiger partial charge in [0.1, 0.15) is 11.7 Å². The zero-order chi connectivity index (χ0) is 15.0. The lowest BCUT2D eigenvalue weighted by molar-refractivity contribution is 0.740. The number of rotatable bonds is 2. The van der Waals surface area contributed by atoms with Gasteiger partial charge in [-0.05, 0) is 5.56 Å². The number of hydrogen-bond acceptors (Lipinski definition) is 3. The number of nitrogens with zero attached hydrogens (tertiary/aromatic N) is 3. The molecule has 3 rings (SSSR count). The Kier molecular flexibility index (Phi) is 3.35. The van der Waals surface area contributed by atoms with Gasteiger partial charge in [0.2, 0.25) is 0 Å². The van der Waals surface area contributed by atoms with Crippen molar-refractivity contribution < 1.29 is 0 Å². The van der Waals surface area contributed by atoms with Crippen molar-refractivity contribution in [1.82, 2.24) is 14.1 Å². The zero-order valence-electron chi connectivity index (χ0n) is 11.3. The van der Waals surface area contributed by atoms with Gasteiger partial charge >= 0.3 is 0 Å². The fourth-order valence-corrected chi connectivity index (χ4v) is 2.48. The van der Waals surface area contributed by atoms with Crippen molar-refractivity contribution in [3.05, 3.63) is 74.0 Å². The smallest absolute Gasteiger partial charge is 0.264 e. The first-order valence-electron chi connectivity index (χ1n) is 6.36. The Morgan fingerprint density at radius 2 is 1.90 bits per heavy atom. The van der Waals surface area contributed by atoms with Crippen LogP contribution in [0, 0.1) is 0 Å². The molecule has 2 heterocycles. The van der Waals surface area contributed by atoms with Crippen molar-refractivity contribution >= 4 is 22.6 Å². The number of aromatic nitrogens is 3. The molecule has 0 aliphatic heterocycles. The van der Waals surface area contributed by atoms with Gasteiger partial charge in [-0.1, -0.05) is 41.9 Å². The Morgan fingerprint density at radius 1 is 1.19 bits per heavy atom. The molecule has 0 N–H and O–H groups in total. The van der Waals surface area contributed by atoms with E-state index in [1.165, 1.54) is 21.5 Å². The van der Waals surface area contributed by atoms with E-state index in [4.69, 9.17) is 11.6 Å². The second-order valence-electron chi connectivity index (χ2n) is 4.75. The molecular formula is C15H12ClN3O2. The fraction of sp³-hybridized carbons (Fsp3) is 0.133. The monoisotopic (exact) mass is 301 g/mol. The van der Waals surface area contributed by atoms with Crippen LogP contribution < -0.4 is 11.1 Å². The summed E-state index contributed by atoms with van der Waals surface area (Å²) in [6.45, 7) is 0.405. The van der Waals surface area contributed by atoms with E-state index in [0.29, 0.717) is 12.2 Å². The summed E-state index contributed by atoms with van der Waals surface area (Å²) in [4.78, 5) is 28.4. The Bertz CT molecular complexity index is 929. The molecule has 0 saturated carbocycles. The number of fused-ring (bicyclic) bond motifs is 1. The van der Waals surface area contributed by atoms with Crippen molar-refractivity contribution in [1.29, 1.82) is 0 Å². The minimum Gasteiger partial charge on any atom is -0.296 e. The fourth-order valence-electron chi connectivity index (χ4n) is 2.22. The molecule has 106 valence electrons. The van der Waals surface area contributed by atoms with Crippen LogP contribution in [-0.2, 0) is 13.6 Å². The quantitative estimate of drug-likeness (QED) is 0.725. The summed E-state index contributed by atoms with van der Waals surface area (Å²) < 4.78 is 2.80. The summed E-state index contributed by atoms with van der Waals surface area (Å²) in [5.41, 5.74) is 0.730. The molecule has 5 nitrogen and oxygen atoms in total. The third-order valence-corrected chi connectivity index (χ3v) is 3.65. The summed E-state index contributed by atoms with van der Waals surface area (Å²) in [6.07, 6.45) is 1.44. The van der Waals surface area contributed by atoms with E-state index < -0.39 is 0 Å². The molecule has 0 radical (unpaired) electrons. The second-order valence-corrected chi connectivity index (χ2v) is 5.16. The van der Waals surface area contributed by atoms with Crippen LogP contribution in [-0.4, -0.2) is 14.1 Å². The predicted octanol–water partition coefficient (Wildman–Crippen LogP) is 1.80. The van der Waals surface area contributed by atoms with Gasteiger partial charge in [0.25, 0.3) is 11.1 Å². The van der Waals surface area contributed by atoms with Crippen LogP contribution in [0.1, 0.15) is 5.56 Å². The van der Waals surface area contributed by atoms with Gasteiger partial charge in [0.15, 0.2) is 5.65 Å². The molecule has 0 atom stereocenters. The average molecular weight is 302 g/mol. The van der Waals surface area contributed by atoms with Gasteiger partial charge in [-0.3, -0.25) is 18.7 Å². The van der Waals surface area contributed by atoms with E-state index in [2.05, 4.69) is 4.98 Å². The lowest BCUT2D eigenvalue weighted by atomic mass is 10.2. The van der Waals surface area contributed by atoms with E-state index in [1.54, 1.807) is 7.05 Å². The molecule has 0 saturated heterocycles. The summed E-state index contributed by atoms with van der Waals surface area (Å²) in [7, 11) is 1.56. The minimum atomic E-state index is -0.291. The predicted molar refractivity (Wildman–Crippen MR) is 81.8 cm³/mol. The minimum absolute atomic E-state index is 0.132. The standard InChI is InChI=1S/C15H12ClN3O2/c1-18-12(20)7-11(16)13-14(18)17-9-19(15(13)21)8-10-5-3-2-4-6-10/h2-7,9H,8H2,1H3. The number of hydrogen-bond donors (Lipinski definition) is 0. The number of benzene rings is 1. The van der Waals surface area contributed by atoms with Gasteiger partial charge in [0.05, 0.1) is 11.6 Å². The summed E-state index contributed by atoms with van der Waals surface area (Å²) >= 11 is 6.05. The maximum atomic E-state index is 12.5. The molecule has 3 aromatic rings. The summed E-state index contributed by atoms with van der Waals surface area (Å²) in [6, 6.07) is 10.8. The van der Waals surface area contributed by atoms with E-state index in [0.717, 1.165) is 5.56 Å². The Hall–Kier alpha value is -2.40. The molecule has 6 heteroatoms. The molecule has 0 spiro atoms. The first-order valence-corrected chi connectivity index (χ1v) is 6.74. The highest BCUT2D eigenvalue weighted by Gasteiger charge is 2.12. The van der Waals surface area contributed by atoms with Crippen molar-refractivity contribution in [2.45, 2.75) is 6.54 Å². The molecule has 1 aromatic carbocycles. The van der Waals surface area contributed by atoms with Crippen LogP contribution in [0.25, 0.3) is 11.0 Å². The highest BCUT2D eigenvalue weighted by Crippen LogP contribution is 2.15. The maximum Gasteiger partial charge on any atom is 0.264 e. The average Bonchev–Trinajstić information content (AvgIpc) is 2.48. The molecule has 21 heavy (non-hydrogen) atoms. The van der Waals surface area contributed by atoms with E-state index in [1.807, 2.05) is 30.3 Å². The van der Waals surface area contributed by atoms with Crippen LogP contribution in [0.2, 0.25) is 5.02 Å². The van der Waals surface area contributed by atoms with Crippen LogP contribution in [0.4, 0.5) is 0 Å². The molecule has 0 amide bonds. The third-order valence-electron chi connectivity index (χ3n) is 3.35. The van der Waals surface area contributed by atoms with Gasteiger partial charge in [-0.15, -0.1) is 0 Å². The topological polar surface area (TPSA) is 56.9 Å².